The van der Waals surface area contributed by atoms with Gasteiger partial charge in [-0.05, 0) is 30.2 Å². The van der Waals surface area contributed by atoms with Crippen LogP contribution in [-0.4, -0.2) is 15.0 Å². The monoisotopic (exact) mass is 201 g/mol. The van der Waals surface area contributed by atoms with Crippen molar-refractivity contribution in [1.29, 1.82) is 0 Å². The van der Waals surface area contributed by atoms with Crippen LogP contribution in [0.5, 0.6) is 0 Å². The van der Waals surface area contributed by atoms with Crippen molar-refractivity contribution in [3.63, 3.8) is 0 Å². The number of nitrogens with one attached hydrogen (secondary N) is 1. The molecule has 1 aliphatic heterocycles. The van der Waals surface area contributed by atoms with Crippen LogP contribution < -0.4 is 5.32 Å². The molecule has 5 heteroatoms. The molecule has 13 heavy (non-hydrogen) atoms. The average Bonchev–Trinajstić information content (AvgIpc) is 2.47. The Morgan fingerprint density at radius 3 is 2.85 bits per heavy atom. The van der Waals surface area contributed by atoms with Gasteiger partial charge in [0.25, 0.3) is 0 Å². The van der Waals surface area contributed by atoms with Gasteiger partial charge in [-0.1, -0.05) is 0 Å². The van der Waals surface area contributed by atoms with Crippen molar-refractivity contribution in [2.75, 3.05) is 11.9 Å². The standard InChI is InChI=1S/C8H8FNO2S/c9-13(11,12)7-1-2-8-6(5-7)3-4-10-8/h1-2,5,10H,3-4H2. The first-order valence-electron chi connectivity index (χ1n) is 3.89. The molecule has 0 saturated heterocycles. The Hall–Kier alpha value is -1.10. The molecule has 1 aromatic carbocycles. The summed E-state index contributed by atoms with van der Waals surface area (Å²) >= 11 is 0. The Morgan fingerprint density at radius 1 is 1.38 bits per heavy atom. The number of hydrogen-bond acceptors (Lipinski definition) is 3. The van der Waals surface area contributed by atoms with Crippen LogP contribution in [0.1, 0.15) is 5.56 Å². The van der Waals surface area contributed by atoms with Gasteiger partial charge in [0, 0.05) is 12.2 Å². The molecule has 1 aromatic rings. The summed E-state index contributed by atoms with van der Waals surface area (Å²) in [7, 11) is -4.55. The molecule has 1 N–H and O–H groups in total. The van der Waals surface area contributed by atoms with Gasteiger partial charge in [-0.25, -0.2) is 0 Å². The van der Waals surface area contributed by atoms with E-state index >= 15 is 0 Å². The van der Waals surface area contributed by atoms with Gasteiger partial charge in [0.15, 0.2) is 0 Å². The lowest BCUT2D eigenvalue weighted by atomic mass is 10.2. The Bertz CT molecular complexity index is 441. The number of anilines is 1. The number of rotatable bonds is 1. The van der Waals surface area contributed by atoms with Gasteiger partial charge in [-0.15, -0.1) is 3.89 Å². The van der Waals surface area contributed by atoms with E-state index in [9.17, 15) is 12.3 Å². The summed E-state index contributed by atoms with van der Waals surface area (Å²) in [5.41, 5.74) is 1.76. The zero-order chi connectivity index (χ0) is 9.47. The van der Waals surface area contributed by atoms with Crippen LogP contribution in [0, 0.1) is 0 Å². The normalized spacial score (nSPS) is 15.2. The Morgan fingerprint density at radius 2 is 2.15 bits per heavy atom. The van der Waals surface area contributed by atoms with Crippen LogP contribution in [0.3, 0.4) is 0 Å². The minimum atomic E-state index is -4.55. The molecule has 0 aliphatic carbocycles. The number of fused-ring (bicyclic) bond motifs is 1. The minimum absolute atomic E-state index is 0.255. The van der Waals surface area contributed by atoms with E-state index in [1.54, 1.807) is 6.07 Å². The van der Waals surface area contributed by atoms with Crippen molar-refractivity contribution in [3.05, 3.63) is 23.8 Å². The van der Waals surface area contributed by atoms with Crippen LogP contribution in [0.25, 0.3) is 0 Å². The quantitative estimate of drug-likeness (QED) is 0.697. The summed E-state index contributed by atoms with van der Waals surface area (Å²) in [4.78, 5) is -0.255. The molecule has 0 fully saturated rings. The molecule has 0 aromatic heterocycles. The largest absolute Gasteiger partial charge is 0.384 e. The first-order valence-corrected chi connectivity index (χ1v) is 5.27. The summed E-state index contributed by atoms with van der Waals surface area (Å²) in [5, 5.41) is 3.06. The van der Waals surface area contributed by atoms with Crippen molar-refractivity contribution in [2.24, 2.45) is 0 Å². The summed E-state index contributed by atoms with van der Waals surface area (Å²) in [6.07, 6.45) is 0.749. The highest BCUT2D eigenvalue weighted by Gasteiger charge is 2.16. The fourth-order valence-electron chi connectivity index (χ4n) is 1.43. The second kappa shape index (κ2) is 2.70. The maximum Gasteiger partial charge on any atom is 0.332 e. The first-order chi connectivity index (χ1) is 6.07. The Kier molecular flexibility index (Phi) is 1.76. The van der Waals surface area contributed by atoms with E-state index in [4.69, 9.17) is 0 Å². The fourth-order valence-corrected chi connectivity index (χ4v) is 1.95. The van der Waals surface area contributed by atoms with Crippen LogP contribution >= 0.6 is 0 Å². The molecule has 1 aliphatic rings. The van der Waals surface area contributed by atoms with E-state index in [2.05, 4.69) is 5.32 Å². The van der Waals surface area contributed by atoms with Crippen molar-refractivity contribution in [3.8, 4) is 0 Å². The molecule has 1 heterocycles. The Labute approximate surface area is 75.8 Å². The van der Waals surface area contributed by atoms with Gasteiger partial charge in [0.05, 0.1) is 4.90 Å². The van der Waals surface area contributed by atoms with Crippen LogP contribution in [0.15, 0.2) is 23.1 Å². The molecule has 0 amide bonds. The van der Waals surface area contributed by atoms with Crippen molar-refractivity contribution in [1.82, 2.24) is 0 Å². The zero-order valence-corrected chi connectivity index (χ0v) is 7.57. The lowest BCUT2D eigenvalue weighted by Gasteiger charge is -2.00. The first kappa shape index (κ1) is 8.50. The smallest absolute Gasteiger partial charge is 0.332 e. The van der Waals surface area contributed by atoms with Gasteiger partial charge in [0.1, 0.15) is 0 Å². The molecule has 0 saturated carbocycles. The number of benzene rings is 1. The van der Waals surface area contributed by atoms with Crippen molar-refractivity contribution in [2.45, 2.75) is 11.3 Å². The highest BCUT2D eigenvalue weighted by molar-refractivity contribution is 7.86. The van der Waals surface area contributed by atoms with Gasteiger partial charge < -0.3 is 5.32 Å². The van der Waals surface area contributed by atoms with Gasteiger partial charge in [-0.2, -0.15) is 8.42 Å². The molecule has 2 rings (SSSR count). The van der Waals surface area contributed by atoms with Crippen LogP contribution in [0.4, 0.5) is 9.57 Å². The van der Waals surface area contributed by atoms with Gasteiger partial charge in [-0.3, -0.25) is 0 Å². The molecule has 0 radical (unpaired) electrons. The fraction of sp³-hybridized carbons (Fsp3) is 0.250. The van der Waals surface area contributed by atoms with Gasteiger partial charge in [0.2, 0.25) is 0 Å². The molecule has 0 unspecified atom stereocenters. The topological polar surface area (TPSA) is 46.2 Å². The van der Waals surface area contributed by atoms with Crippen LogP contribution in [-0.2, 0) is 16.6 Å². The van der Waals surface area contributed by atoms with Crippen LogP contribution in [0.2, 0.25) is 0 Å². The molecule has 0 bridgehead atoms. The third-order valence-electron chi connectivity index (χ3n) is 2.07. The third-order valence-corrected chi connectivity index (χ3v) is 2.89. The summed E-state index contributed by atoms with van der Waals surface area (Å²) < 4.78 is 33.6. The second-order valence-corrected chi connectivity index (χ2v) is 4.28. The molecule has 0 spiro atoms. The van der Waals surface area contributed by atoms with Crippen molar-refractivity contribution < 1.29 is 12.3 Å². The van der Waals surface area contributed by atoms with E-state index in [1.165, 1.54) is 12.1 Å². The summed E-state index contributed by atoms with van der Waals surface area (Å²) in [6, 6.07) is 4.24. The SMILES string of the molecule is O=S(=O)(F)c1ccc2c(c1)CCN2. The van der Waals surface area contributed by atoms with E-state index in [-0.39, 0.29) is 4.90 Å². The summed E-state index contributed by atoms with van der Waals surface area (Å²) in [5.74, 6) is 0. The Balaban J connectivity index is 2.54. The lowest BCUT2D eigenvalue weighted by molar-refractivity contribution is 0.552. The van der Waals surface area contributed by atoms with E-state index in [0.29, 0.717) is 0 Å². The van der Waals surface area contributed by atoms with Gasteiger partial charge >= 0.3 is 10.2 Å². The van der Waals surface area contributed by atoms with Crippen molar-refractivity contribution >= 4 is 15.9 Å². The third kappa shape index (κ3) is 1.51. The maximum atomic E-state index is 12.5. The number of hydrogen-bond donors (Lipinski definition) is 1. The number of halogens is 1. The minimum Gasteiger partial charge on any atom is -0.384 e. The predicted octanol–water partition coefficient (Wildman–Crippen LogP) is 1.31. The predicted molar refractivity (Wildman–Crippen MR) is 46.9 cm³/mol. The van der Waals surface area contributed by atoms with E-state index in [0.717, 1.165) is 24.2 Å². The lowest BCUT2D eigenvalue weighted by Crippen LogP contribution is -1.93. The molecular formula is C8H8FNO2S. The second-order valence-electron chi connectivity index (χ2n) is 2.93. The van der Waals surface area contributed by atoms with E-state index < -0.39 is 10.2 Å². The molecular weight excluding hydrogens is 193 g/mol. The molecule has 70 valence electrons. The highest BCUT2D eigenvalue weighted by Crippen LogP contribution is 2.25. The highest BCUT2D eigenvalue weighted by atomic mass is 32.3. The zero-order valence-electron chi connectivity index (χ0n) is 6.75. The van der Waals surface area contributed by atoms with E-state index in [1.807, 2.05) is 0 Å². The molecule has 3 nitrogen and oxygen atoms in total. The average molecular weight is 201 g/mol. The maximum absolute atomic E-state index is 12.5. The molecule has 0 atom stereocenters. The summed E-state index contributed by atoms with van der Waals surface area (Å²) in [6.45, 7) is 0.783.